The molecule has 3 aliphatic rings. The predicted molar refractivity (Wildman–Crippen MR) is 83.9 cm³/mol. The van der Waals surface area contributed by atoms with Gasteiger partial charge >= 0.3 is 0 Å². The summed E-state index contributed by atoms with van der Waals surface area (Å²) < 4.78 is 14.0. The zero-order chi connectivity index (χ0) is 14.6. The van der Waals surface area contributed by atoms with E-state index in [1.807, 2.05) is 0 Å². The van der Waals surface area contributed by atoms with Crippen LogP contribution in [0.25, 0.3) is 0 Å². The summed E-state index contributed by atoms with van der Waals surface area (Å²) in [6.07, 6.45) is 5.12. The van der Waals surface area contributed by atoms with Crippen LogP contribution in [0.1, 0.15) is 31.7 Å². The summed E-state index contributed by atoms with van der Waals surface area (Å²) in [5.74, 6) is 4.45. The average Bonchev–Trinajstić information content (AvgIpc) is 2.89. The highest BCUT2D eigenvalue weighted by Gasteiger charge is 2.66. The third-order valence-corrected chi connectivity index (χ3v) is 6.41. The van der Waals surface area contributed by atoms with Crippen LogP contribution >= 0.6 is 11.6 Å². The van der Waals surface area contributed by atoms with Crippen LogP contribution in [0, 0.1) is 35.4 Å². The Morgan fingerprint density at radius 1 is 1.29 bits per heavy atom. The fourth-order valence-corrected chi connectivity index (χ4v) is 5.67. The van der Waals surface area contributed by atoms with Crippen molar-refractivity contribution in [3.63, 3.8) is 0 Å². The molecule has 1 N–H and O–H groups in total. The first-order valence-electron chi connectivity index (χ1n) is 8.36. The van der Waals surface area contributed by atoms with Gasteiger partial charge in [-0.3, -0.25) is 0 Å². The minimum Gasteiger partial charge on any atom is -0.314 e. The lowest BCUT2D eigenvalue weighted by molar-refractivity contribution is 0.363. The third kappa shape index (κ3) is 2.31. The molecule has 1 nitrogen and oxygen atoms in total. The maximum Gasteiger partial charge on any atom is 0.126 e. The second kappa shape index (κ2) is 5.24. The monoisotopic (exact) mass is 307 g/mol. The molecule has 0 spiro atoms. The molecule has 3 heteroatoms. The van der Waals surface area contributed by atoms with Crippen molar-refractivity contribution >= 4 is 11.6 Å². The lowest BCUT2D eigenvalue weighted by Crippen LogP contribution is -2.35. The van der Waals surface area contributed by atoms with Crippen molar-refractivity contribution in [3.05, 3.63) is 34.6 Å². The van der Waals surface area contributed by atoms with E-state index in [9.17, 15) is 4.39 Å². The van der Waals surface area contributed by atoms with Crippen molar-refractivity contribution in [3.8, 4) is 0 Å². The van der Waals surface area contributed by atoms with Gasteiger partial charge in [-0.05, 0) is 85.6 Å². The Labute approximate surface area is 131 Å². The van der Waals surface area contributed by atoms with Gasteiger partial charge in [-0.1, -0.05) is 18.5 Å². The first-order valence-corrected chi connectivity index (χ1v) is 8.74. The lowest BCUT2D eigenvalue weighted by atomic mass is 9.93. The van der Waals surface area contributed by atoms with Gasteiger partial charge in [0.25, 0.3) is 0 Å². The highest BCUT2D eigenvalue weighted by Crippen LogP contribution is 2.70. The quantitative estimate of drug-likeness (QED) is 0.855. The van der Waals surface area contributed by atoms with Gasteiger partial charge in [0.05, 0.1) is 0 Å². The molecule has 0 saturated heterocycles. The van der Waals surface area contributed by atoms with E-state index in [-0.39, 0.29) is 5.82 Å². The van der Waals surface area contributed by atoms with Crippen molar-refractivity contribution in [2.24, 2.45) is 29.6 Å². The summed E-state index contributed by atoms with van der Waals surface area (Å²) in [7, 11) is 0. The van der Waals surface area contributed by atoms with Crippen LogP contribution in [0.4, 0.5) is 4.39 Å². The molecule has 5 unspecified atom stereocenters. The number of fused-ring (bicyclic) bond motifs is 5. The number of rotatable bonds is 5. The number of likely N-dealkylation sites (N-methyl/N-ethyl adjacent to an activating group) is 1. The van der Waals surface area contributed by atoms with E-state index in [1.54, 1.807) is 12.1 Å². The van der Waals surface area contributed by atoms with Gasteiger partial charge in [0.1, 0.15) is 5.82 Å². The van der Waals surface area contributed by atoms with Crippen LogP contribution in [0.5, 0.6) is 0 Å². The molecule has 0 aromatic heterocycles. The van der Waals surface area contributed by atoms with Crippen LogP contribution in [0.2, 0.25) is 5.02 Å². The second-order valence-corrected chi connectivity index (χ2v) is 7.61. The fraction of sp³-hybridized carbons (Fsp3) is 0.667. The Kier molecular flexibility index (Phi) is 3.50. The third-order valence-electron chi connectivity index (χ3n) is 6.17. The minimum atomic E-state index is -0.115. The van der Waals surface area contributed by atoms with Crippen LogP contribution in [-0.4, -0.2) is 12.6 Å². The van der Waals surface area contributed by atoms with Gasteiger partial charge in [0, 0.05) is 11.1 Å². The average molecular weight is 308 g/mol. The molecule has 5 atom stereocenters. The Hall–Kier alpha value is -0.600. The van der Waals surface area contributed by atoms with Gasteiger partial charge < -0.3 is 5.32 Å². The second-order valence-electron chi connectivity index (χ2n) is 7.17. The number of benzene rings is 1. The largest absolute Gasteiger partial charge is 0.314 e. The number of hydrogen-bond donors (Lipinski definition) is 1. The van der Waals surface area contributed by atoms with Crippen LogP contribution in [0.15, 0.2) is 18.2 Å². The van der Waals surface area contributed by atoms with Gasteiger partial charge in [-0.25, -0.2) is 4.39 Å². The molecule has 0 heterocycles. The molecule has 114 valence electrons. The lowest BCUT2D eigenvalue weighted by Gasteiger charge is -2.22. The van der Waals surface area contributed by atoms with Crippen molar-refractivity contribution in [1.29, 1.82) is 0 Å². The van der Waals surface area contributed by atoms with Gasteiger partial charge in [0.15, 0.2) is 0 Å². The number of hydrogen-bond acceptors (Lipinski definition) is 1. The summed E-state index contributed by atoms with van der Waals surface area (Å²) in [4.78, 5) is 0. The van der Waals surface area contributed by atoms with Gasteiger partial charge in [-0.15, -0.1) is 0 Å². The molecule has 4 rings (SSSR count). The van der Waals surface area contributed by atoms with E-state index in [1.165, 1.54) is 25.3 Å². The molecule has 3 saturated carbocycles. The summed E-state index contributed by atoms with van der Waals surface area (Å²) >= 11 is 6.04. The minimum absolute atomic E-state index is 0.115. The smallest absolute Gasteiger partial charge is 0.126 e. The summed E-state index contributed by atoms with van der Waals surface area (Å²) in [6, 6.07) is 5.35. The summed E-state index contributed by atoms with van der Waals surface area (Å²) in [5.41, 5.74) is 0.769. The highest BCUT2D eigenvalue weighted by molar-refractivity contribution is 6.30. The van der Waals surface area contributed by atoms with E-state index in [0.717, 1.165) is 48.1 Å². The van der Waals surface area contributed by atoms with Crippen molar-refractivity contribution in [1.82, 2.24) is 5.32 Å². The molecule has 2 bridgehead atoms. The SMILES string of the molecule is CCNC(Cc1cc(Cl)ccc1F)C1C2C3CCC(C3)C21. The van der Waals surface area contributed by atoms with Crippen LogP contribution in [0.3, 0.4) is 0 Å². The Morgan fingerprint density at radius 2 is 2.00 bits per heavy atom. The Balaban J connectivity index is 1.52. The molecule has 21 heavy (non-hydrogen) atoms. The van der Waals surface area contributed by atoms with Crippen LogP contribution in [-0.2, 0) is 6.42 Å². The predicted octanol–water partition coefficient (Wildman–Crippen LogP) is 4.29. The van der Waals surface area contributed by atoms with Crippen molar-refractivity contribution in [2.75, 3.05) is 6.54 Å². The molecule has 0 aliphatic heterocycles. The zero-order valence-electron chi connectivity index (χ0n) is 12.5. The van der Waals surface area contributed by atoms with E-state index >= 15 is 0 Å². The highest BCUT2D eigenvalue weighted by atomic mass is 35.5. The van der Waals surface area contributed by atoms with Gasteiger partial charge in [0.2, 0.25) is 0 Å². The molecule has 1 aromatic carbocycles. The van der Waals surface area contributed by atoms with E-state index in [0.29, 0.717) is 11.1 Å². The first-order chi connectivity index (χ1) is 10.2. The van der Waals surface area contributed by atoms with E-state index in [2.05, 4.69) is 12.2 Å². The van der Waals surface area contributed by atoms with Crippen molar-refractivity contribution in [2.45, 2.75) is 38.6 Å². The molecule has 3 aliphatic carbocycles. The summed E-state index contributed by atoms with van der Waals surface area (Å²) in [5, 5.41) is 4.26. The molecule has 0 radical (unpaired) electrons. The Bertz CT molecular complexity index is 530. The van der Waals surface area contributed by atoms with E-state index < -0.39 is 0 Å². The van der Waals surface area contributed by atoms with Crippen LogP contribution < -0.4 is 5.32 Å². The van der Waals surface area contributed by atoms with E-state index in [4.69, 9.17) is 11.6 Å². The standard InChI is InChI=1S/C18H23ClFN/c1-2-21-15(9-12-8-13(19)5-6-14(12)20)18-16-10-3-4-11(7-10)17(16)18/h5-6,8,10-11,15-18,21H,2-4,7,9H2,1H3. The summed E-state index contributed by atoms with van der Waals surface area (Å²) in [6.45, 7) is 3.10. The normalized spacial score (nSPS) is 37.6. The van der Waals surface area contributed by atoms with Gasteiger partial charge in [-0.2, -0.15) is 0 Å². The maximum absolute atomic E-state index is 14.0. The molecule has 0 amide bonds. The zero-order valence-corrected chi connectivity index (χ0v) is 13.2. The molecular formula is C18H23ClFN. The number of nitrogens with one attached hydrogen (secondary N) is 1. The first kappa shape index (κ1) is 14.0. The Morgan fingerprint density at radius 3 is 2.67 bits per heavy atom. The molecule has 3 fully saturated rings. The maximum atomic E-state index is 14.0. The molecular weight excluding hydrogens is 285 g/mol. The van der Waals surface area contributed by atoms with Crippen molar-refractivity contribution < 1.29 is 4.39 Å². The molecule has 1 aromatic rings. The fourth-order valence-electron chi connectivity index (χ4n) is 5.47. The topological polar surface area (TPSA) is 12.0 Å². The number of halogens is 2.